The molecule has 0 spiro atoms. The number of morpholine rings is 1. The first kappa shape index (κ1) is 24.4. The van der Waals surface area contributed by atoms with Crippen molar-refractivity contribution < 1.29 is 18.1 Å². The van der Waals surface area contributed by atoms with Crippen LogP contribution in [0.5, 0.6) is 0 Å². The van der Waals surface area contributed by atoms with Gasteiger partial charge in [-0.25, -0.2) is 8.42 Å². The fourth-order valence-corrected chi connectivity index (χ4v) is 5.89. The van der Waals surface area contributed by atoms with Crippen molar-refractivity contribution in [2.75, 3.05) is 69.2 Å². The van der Waals surface area contributed by atoms with Gasteiger partial charge in [-0.1, -0.05) is 6.92 Å². The molecular weight excluding hydrogens is 458 g/mol. The van der Waals surface area contributed by atoms with Gasteiger partial charge in [0.15, 0.2) is 0 Å². The first-order chi connectivity index (χ1) is 16.3. The number of piperazine rings is 1. The number of non-ortho nitro benzene ring substituents is 1. The summed E-state index contributed by atoms with van der Waals surface area (Å²) in [5.74, 6) is 0. The molecule has 2 fully saturated rings. The molecular formula is C23H31N5O5S. The Morgan fingerprint density at radius 1 is 1.00 bits per heavy atom. The Balaban J connectivity index is 1.61. The van der Waals surface area contributed by atoms with Gasteiger partial charge in [0.25, 0.3) is 5.69 Å². The SMILES string of the molecule is CCN1CCN(c2ccc(Nc3ccc([N+](=O)[O-])cc3S(=O)(=O)N3CCOCC3)c(C)c2)CC1. The topological polar surface area (TPSA) is 108 Å². The lowest BCUT2D eigenvalue weighted by Crippen LogP contribution is -2.46. The molecule has 2 aliphatic rings. The third-order valence-corrected chi connectivity index (χ3v) is 8.37. The number of nitrogens with one attached hydrogen (secondary N) is 1. The predicted molar refractivity (Wildman–Crippen MR) is 131 cm³/mol. The number of nitrogens with zero attached hydrogens (tertiary/aromatic N) is 4. The van der Waals surface area contributed by atoms with Crippen molar-refractivity contribution in [1.29, 1.82) is 0 Å². The molecule has 0 bridgehead atoms. The van der Waals surface area contributed by atoms with Crippen molar-refractivity contribution >= 4 is 32.8 Å². The minimum Gasteiger partial charge on any atom is -0.379 e. The van der Waals surface area contributed by atoms with E-state index >= 15 is 0 Å². The van der Waals surface area contributed by atoms with Crippen LogP contribution in [-0.2, 0) is 14.8 Å². The molecule has 0 aromatic heterocycles. The van der Waals surface area contributed by atoms with Gasteiger partial charge in [0, 0.05) is 62.8 Å². The number of nitro benzene ring substituents is 1. The summed E-state index contributed by atoms with van der Waals surface area (Å²) < 4.78 is 33.3. The van der Waals surface area contributed by atoms with E-state index in [9.17, 15) is 18.5 Å². The Morgan fingerprint density at radius 2 is 1.68 bits per heavy atom. The van der Waals surface area contributed by atoms with Crippen molar-refractivity contribution in [2.24, 2.45) is 0 Å². The van der Waals surface area contributed by atoms with Crippen molar-refractivity contribution in [1.82, 2.24) is 9.21 Å². The largest absolute Gasteiger partial charge is 0.379 e. The van der Waals surface area contributed by atoms with E-state index in [4.69, 9.17) is 4.74 Å². The Bertz CT molecular complexity index is 1140. The molecule has 2 saturated heterocycles. The molecule has 2 aromatic rings. The molecule has 0 amide bonds. The highest BCUT2D eigenvalue weighted by Crippen LogP contribution is 2.33. The van der Waals surface area contributed by atoms with Crippen LogP contribution in [0.2, 0.25) is 0 Å². The lowest BCUT2D eigenvalue weighted by atomic mass is 10.1. The molecule has 0 saturated carbocycles. The number of nitro groups is 1. The van der Waals surface area contributed by atoms with E-state index in [0.29, 0.717) is 18.9 Å². The molecule has 4 rings (SSSR count). The average Bonchev–Trinajstić information content (AvgIpc) is 2.86. The maximum absolute atomic E-state index is 13.4. The van der Waals surface area contributed by atoms with Gasteiger partial charge in [0.2, 0.25) is 10.0 Å². The standard InChI is InChI=1S/C23H31N5O5S/c1-3-25-8-10-26(11-9-25)19-4-6-21(18(2)16-19)24-22-7-5-20(28(29)30)17-23(22)34(31,32)27-12-14-33-15-13-27/h4-7,16-17,24H,3,8-15H2,1-2H3. The first-order valence-corrected chi connectivity index (χ1v) is 12.9. The van der Waals surface area contributed by atoms with Crippen LogP contribution in [-0.4, -0.2) is 81.6 Å². The van der Waals surface area contributed by atoms with Crippen molar-refractivity contribution in [3.05, 3.63) is 52.1 Å². The summed E-state index contributed by atoms with van der Waals surface area (Å²) in [5, 5.41) is 14.6. The van der Waals surface area contributed by atoms with Crippen molar-refractivity contribution in [3.63, 3.8) is 0 Å². The van der Waals surface area contributed by atoms with E-state index < -0.39 is 14.9 Å². The Morgan fingerprint density at radius 3 is 2.29 bits per heavy atom. The van der Waals surface area contributed by atoms with E-state index in [1.807, 2.05) is 19.1 Å². The van der Waals surface area contributed by atoms with Crippen LogP contribution in [0.3, 0.4) is 0 Å². The number of ether oxygens (including phenoxy) is 1. The van der Waals surface area contributed by atoms with Gasteiger partial charge in [-0.15, -0.1) is 0 Å². The highest BCUT2D eigenvalue weighted by atomic mass is 32.2. The molecule has 0 aliphatic carbocycles. The molecule has 184 valence electrons. The van der Waals surface area contributed by atoms with Gasteiger partial charge < -0.3 is 19.9 Å². The maximum atomic E-state index is 13.4. The molecule has 11 heteroatoms. The lowest BCUT2D eigenvalue weighted by molar-refractivity contribution is -0.385. The van der Waals surface area contributed by atoms with Gasteiger partial charge in [-0.3, -0.25) is 10.1 Å². The molecule has 2 heterocycles. The summed E-state index contributed by atoms with van der Waals surface area (Å²) in [6.45, 7) is 10.2. The van der Waals surface area contributed by atoms with Crippen molar-refractivity contribution in [2.45, 2.75) is 18.7 Å². The fraction of sp³-hybridized carbons (Fsp3) is 0.478. The fourth-order valence-electron chi connectivity index (χ4n) is 4.32. The summed E-state index contributed by atoms with van der Waals surface area (Å²) in [6.07, 6.45) is 0. The van der Waals surface area contributed by atoms with Crippen molar-refractivity contribution in [3.8, 4) is 0 Å². The van der Waals surface area contributed by atoms with E-state index in [1.54, 1.807) is 0 Å². The Hall–Kier alpha value is -2.73. The average molecular weight is 490 g/mol. The lowest BCUT2D eigenvalue weighted by Gasteiger charge is -2.35. The number of aryl methyl sites for hydroxylation is 1. The molecule has 34 heavy (non-hydrogen) atoms. The van der Waals surface area contributed by atoms with Gasteiger partial charge in [-0.2, -0.15) is 4.31 Å². The predicted octanol–water partition coefficient (Wildman–Crippen LogP) is 2.81. The van der Waals surface area contributed by atoms with Crippen LogP contribution in [0.15, 0.2) is 41.3 Å². The second-order valence-corrected chi connectivity index (χ2v) is 10.4. The third-order valence-electron chi connectivity index (χ3n) is 6.43. The summed E-state index contributed by atoms with van der Waals surface area (Å²) in [4.78, 5) is 15.4. The maximum Gasteiger partial charge on any atom is 0.270 e. The Labute approximate surface area is 200 Å². The van der Waals surface area contributed by atoms with E-state index in [-0.39, 0.29) is 23.7 Å². The molecule has 2 aliphatic heterocycles. The third kappa shape index (κ3) is 5.17. The highest BCUT2D eigenvalue weighted by Gasteiger charge is 2.30. The number of rotatable bonds is 7. The van der Waals surface area contributed by atoms with Gasteiger partial charge in [0.1, 0.15) is 4.90 Å². The van der Waals surface area contributed by atoms with Crippen LogP contribution in [0.1, 0.15) is 12.5 Å². The molecule has 1 N–H and O–H groups in total. The van der Waals surface area contributed by atoms with E-state index in [1.165, 1.54) is 16.4 Å². The molecule has 2 aromatic carbocycles. The van der Waals surface area contributed by atoms with Crippen LogP contribution in [0.4, 0.5) is 22.7 Å². The minimum atomic E-state index is -3.94. The number of hydrogen-bond donors (Lipinski definition) is 1. The zero-order valence-electron chi connectivity index (χ0n) is 19.6. The second kappa shape index (κ2) is 10.3. The van der Waals surface area contributed by atoms with Crippen LogP contribution in [0.25, 0.3) is 0 Å². The normalized spacial score (nSPS) is 18.1. The van der Waals surface area contributed by atoms with Crippen LogP contribution >= 0.6 is 0 Å². The smallest absolute Gasteiger partial charge is 0.270 e. The Kier molecular flexibility index (Phi) is 7.36. The number of likely N-dealkylation sites (N-methyl/N-ethyl adjacent to an activating group) is 1. The number of hydrogen-bond acceptors (Lipinski definition) is 8. The molecule has 0 radical (unpaired) electrons. The molecule has 0 unspecified atom stereocenters. The monoisotopic (exact) mass is 489 g/mol. The van der Waals surface area contributed by atoms with E-state index in [2.05, 4.69) is 28.1 Å². The summed E-state index contributed by atoms with van der Waals surface area (Å²) >= 11 is 0. The number of benzene rings is 2. The van der Waals surface area contributed by atoms with Gasteiger partial charge in [-0.05, 0) is 43.3 Å². The van der Waals surface area contributed by atoms with Crippen LogP contribution < -0.4 is 10.2 Å². The quantitative estimate of drug-likeness (QED) is 0.467. The second-order valence-electron chi connectivity index (χ2n) is 8.50. The van der Waals surface area contributed by atoms with Gasteiger partial charge >= 0.3 is 0 Å². The van der Waals surface area contributed by atoms with E-state index in [0.717, 1.165) is 55.7 Å². The zero-order chi connectivity index (χ0) is 24.3. The first-order valence-electron chi connectivity index (χ1n) is 11.5. The zero-order valence-corrected chi connectivity index (χ0v) is 20.4. The van der Waals surface area contributed by atoms with Crippen LogP contribution in [0, 0.1) is 17.0 Å². The summed E-state index contributed by atoms with van der Waals surface area (Å²) in [6, 6.07) is 9.96. The highest BCUT2D eigenvalue weighted by molar-refractivity contribution is 7.89. The number of anilines is 3. The summed E-state index contributed by atoms with van der Waals surface area (Å²) in [5.41, 5.74) is 2.88. The van der Waals surface area contributed by atoms with Gasteiger partial charge in [0.05, 0.1) is 23.8 Å². The summed E-state index contributed by atoms with van der Waals surface area (Å²) in [7, 11) is -3.94. The molecule has 10 nitrogen and oxygen atoms in total. The molecule has 0 atom stereocenters. The minimum absolute atomic E-state index is 0.109. The number of sulfonamides is 1.